The summed E-state index contributed by atoms with van der Waals surface area (Å²) in [5.74, 6) is -1.56. The predicted octanol–water partition coefficient (Wildman–Crippen LogP) is 1.02. The molecule has 0 radical (unpaired) electrons. The number of hydrogen-bond acceptors (Lipinski definition) is 4. The van der Waals surface area contributed by atoms with E-state index in [1.807, 2.05) is 34.6 Å². The summed E-state index contributed by atoms with van der Waals surface area (Å²) >= 11 is 0. The molecule has 1 rings (SSSR count). The number of nitrogens with zero attached hydrogens (tertiary/aromatic N) is 1. The van der Waals surface area contributed by atoms with Crippen molar-refractivity contribution in [2.75, 3.05) is 13.1 Å². The molecular weight excluding hydrogens is 234 g/mol. The van der Waals surface area contributed by atoms with Gasteiger partial charge in [-0.25, -0.2) is 4.79 Å². The Bertz CT molecular complexity index is 343. The molecule has 1 atom stereocenters. The number of carbonyl (C=O) groups excluding carboxylic acids is 2. The second-order valence-corrected chi connectivity index (χ2v) is 6.55. The number of amides is 1. The maximum absolute atomic E-state index is 11.9. The number of carboxylic acids is 1. The van der Waals surface area contributed by atoms with Crippen molar-refractivity contribution in [1.29, 1.82) is 0 Å². The van der Waals surface area contributed by atoms with E-state index in [-0.39, 0.29) is 6.09 Å². The summed E-state index contributed by atoms with van der Waals surface area (Å²) in [6.45, 7) is 9.88. The van der Waals surface area contributed by atoms with Crippen molar-refractivity contribution in [3.8, 4) is 0 Å². The Morgan fingerprint density at radius 3 is 2.28 bits per heavy atom. The van der Waals surface area contributed by atoms with Crippen molar-refractivity contribution in [3.05, 3.63) is 0 Å². The first-order chi connectivity index (χ1) is 8.03. The topological polar surface area (TPSA) is 69.7 Å². The first kappa shape index (κ1) is 14.8. The van der Waals surface area contributed by atoms with Gasteiger partial charge in [0.25, 0.3) is 0 Å². The largest absolute Gasteiger partial charge is 0.550 e. The number of piperidine rings is 1. The number of aliphatic carboxylic acids is 1. The van der Waals surface area contributed by atoms with E-state index < -0.39 is 22.9 Å². The van der Waals surface area contributed by atoms with Crippen LogP contribution in [0, 0.1) is 11.3 Å². The minimum Gasteiger partial charge on any atom is -0.550 e. The van der Waals surface area contributed by atoms with Crippen molar-refractivity contribution < 1.29 is 19.4 Å². The Hall–Kier alpha value is -1.26. The Labute approximate surface area is 108 Å². The lowest BCUT2D eigenvalue weighted by molar-refractivity contribution is -0.316. The van der Waals surface area contributed by atoms with Gasteiger partial charge in [-0.15, -0.1) is 0 Å². The van der Waals surface area contributed by atoms with Gasteiger partial charge >= 0.3 is 6.09 Å². The average molecular weight is 256 g/mol. The second-order valence-electron chi connectivity index (χ2n) is 6.55. The highest BCUT2D eigenvalue weighted by molar-refractivity contribution is 5.71. The normalized spacial score (nSPS) is 23.6. The summed E-state index contributed by atoms with van der Waals surface area (Å²) in [6, 6.07) is 0. The van der Waals surface area contributed by atoms with E-state index in [9.17, 15) is 14.7 Å². The Balaban J connectivity index is 2.69. The van der Waals surface area contributed by atoms with E-state index in [2.05, 4.69) is 0 Å². The zero-order valence-electron chi connectivity index (χ0n) is 11.8. The molecule has 0 saturated carbocycles. The highest BCUT2D eigenvalue weighted by atomic mass is 16.6. The quantitative estimate of drug-likeness (QED) is 0.702. The maximum Gasteiger partial charge on any atom is 0.410 e. The van der Waals surface area contributed by atoms with Gasteiger partial charge in [0, 0.05) is 25.0 Å². The number of ether oxygens (including phenoxy) is 1. The van der Waals surface area contributed by atoms with E-state index >= 15 is 0 Å². The van der Waals surface area contributed by atoms with E-state index in [0.29, 0.717) is 19.5 Å². The minimum atomic E-state index is -1.04. The molecule has 1 unspecified atom stereocenters. The van der Waals surface area contributed by atoms with Crippen molar-refractivity contribution in [3.63, 3.8) is 0 Å². The molecule has 18 heavy (non-hydrogen) atoms. The van der Waals surface area contributed by atoms with Crippen molar-refractivity contribution in [1.82, 2.24) is 4.90 Å². The molecule has 0 aromatic carbocycles. The van der Waals surface area contributed by atoms with Crippen LogP contribution in [-0.2, 0) is 9.53 Å². The van der Waals surface area contributed by atoms with Crippen LogP contribution in [0.3, 0.4) is 0 Å². The van der Waals surface area contributed by atoms with Crippen LogP contribution in [0.25, 0.3) is 0 Å². The average Bonchev–Trinajstić information content (AvgIpc) is 2.12. The van der Waals surface area contributed by atoms with Crippen LogP contribution in [0.5, 0.6) is 0 Å². The minimum absolute atomic E-state index is 0.376. The fourth-order valence-electron chi connectivity index (χ4n) is 2.28. The van der Waals surface area contributed by atoms with E-state index in [0.717, 1.165) is 0 Å². The monoisotopic (exact) mass is 256 g/mol. The van der Waals surface area contributed by atoms with Gasteiger partial charge < -0.3 is 19.5 Å². The molecule has 1 heterocycles. The predicted molar refractivity (Wildman–Crippen MR) is 64.7 cm³/mol. The molecule has 0 spiro atoms. The lowest BCUT2D eigenvalue weighted by Gasteiger charge is -2.44. The molecule has 0 aromatic rings. The number of carbonyl (C=O) groups is 2. The molecule has 0 N–H and O–H groups in total. The van der Waals surface area contributed by atoms with Crippen LogP contribution in [0.15, 0.2) is 0 Å². The van der Waals surface area contributed by atoms with Gasteiger partial charge in [0.2, 0.25) is 0 Å². The van der Waals surface area contributed by atoms with E-state index in [4.69, 9.17) is 4.74 Å². The van der Waals surface area contributed by atoms with Crippen LogP contribution in [0.2, 0.25) is 0 Å². The summed E-state index contributed by atoms with van der Waals surface area (Å²) in [5.41, 5.74) is -1.03. The van der Waals surface area contributed by atoms with Crippen molar-refractivity contribution in [2.24, 2.45) is 11.3 Å². The molecule has 1 aliphatic rings. The number of hydrogen-bond donors (Lipinski definition) is 0. The van der Waals surface area contributed by atoms with Gasteiger partial charge in [-0.1, -0.05) is 13.8 Å². The highest BCUT2D eigenvalue weighted by Crippen LogP contribution is 2.35. The van der Waals surface area contributed by atoms with Gasteiger partial charge in [0.05, 0.1) is 0 Å². The zero-order chi connectivity index (χ0) is 14.1. The van der Waals surface area contributed by atoms with Gasteiger partial charge in [-0.2, -0.15) is 0 Å². The Morgan fingerprint density at radius 1 is 1.33 bits per heavy atom. The van der Waals surface area contributed by atoms with Gasteiger partial charge in [-0.3, -0.25) is 0 Å². The molecule has 0 aromatic heterocycles. The molecular formula is C13H22NO4-. The van der Waals surface area contributed by atoms with Gasteiger partial charge in [0.1, 0.15) is 5.60 Å². The third kappa shape index (κ3) is 3.62. The Kier molecular flexibility index (Phi) is 3.93. The molecule has 5 nitrogen and oxygen atoms in total. The second kappa shape index (κ2) is 4.78. The SMILES string of the molecule is CC(C)(C)OC(=O)N1CCC(C(=O)[O-])C(C)(C)C1. The maximum atomic E-state index is 11.9. The third-order valence-corrected chi connectivity index (χ3v) is 3.17. The van der Waals surface area contributed by atoms with Crippen LogP contribution in [0.4, 0.5) is 4.79 Å². The molecule has 0 bridgehead atoms. The highest BCUT2D eigenvalue weighted by Gasteiger charge is 2.39. The fourth-order valence-corrected chi connectivity index (χ4v) is 2.28. The first-order valence-corrected chi connectivity index (χ1v) is 6.22. The van der Waals surface area contributed by atoms with Crippen LogP contribution in [0.1, 0.15) is 41.0 Å². The van der Waals surface area contributed by atoms with Crippen LogP contribution < -0.4 is 5.11 Å². The van der Waals surface area contributed by atoms with E-state index in [1.165, 1.54) is 0 Å². The molecule has 1 saturated heterocycles. The fraction of sp³-hybridized carbons (Fsp3) is 0.846. The summed E-state index contributed by atoms with van der Waals surface area (Å²) in [5, 5.41) is 11.0. The number of likely N-dealkylation sites (tertiary alicyclic amines) is 1. The summed E-state index contributed by atoms with van der Waals surface area (Å²) in [4.78, 5) is 24.5. The molecule has 0 aliphatic carbocycles. The molecule has 5 heteroatoms. The zero-order valence-corrected chi connectivity index (χ0v) is 11.8. The number of rotatable bonds is 1. The van der Waals surface area contributed by atoms with Gasteiger partial charge in [-0.05, 0) is 32.6 Å². The van der Waals surface area contributed by atoms with Crippen molar-refractivity contribution >= 4 is 12.1 Å². The first-order valence-electron chi connectivity index (χ1n) is 6.22. The molecule has 1 amide bonds. The van der Waals surface area contributed by atoms with Crippen molar-refractivity contribution in [2.45, 2.75) is 46.6 Å². The van der Waals surface area contributed by atoms with Gasteiger partial charge in [0.15, 0.2) is 0 Å². The third-order valence-electron chi connectivity index (χ3n) is 3.17. The standard InChI is InChI=1S/C13H23NO4/c1-12(2,3)18-11(17)14-7-6-9(10(15)16)13(4,5)8-14/h9H,6-8H2,1-5H3,(H,15,16)/p-1. The van der Waals surface area contributed by atoms with Crippen LogP contribution in [-0.4, -0.2) is 35.7 Å². The lowest BCUT2D eigenvalue weighted by Crippen LogP contribution is -2.54. The van der Waals surface area contributed by atoms with E-state index in [1.54, 1.807) is 4.90 Å². The summed E-state index contributed by atoms with van der Waals surface area (Å²) in [7, 11) is 0. The lowest BCUT2D eigenvalue weighted by atomic mass is 9.74. The Morgan fingerprint density at radius 2 is 1.89 bits per heavy atom. The van der Waals surface area contributed by atoms with Crippen LogP contribution >= 0.6 is 0 Å². The number of carboxylic acid groups (broad SMARTS) is 1. The smallest absolute Gasteiger partial charge is 0.410 e. The molecule has 104 valence electrons. The summed E-state index contributed by atoms with van der Waals surface area (Å²) < 4.78 is 5.29. The summed E-state index contributed by atoms with van der Waals surface area (Å²) in [6.07, 6.45) is 0.0292. The molecule has 1 fully saturated rings. The molecule has 1 aliphatic heterocycles.